The van der Waals surface area contributed by atoms with Gasteiger partial charge in [0.15, 0.2) is 0 Å². The van der Waals surface area contributed by atoms with Gasteiger partial charge in [-0.25, -0.2) is 5.48 Å². The molecular weight excluding hydrogens is 440 g/mol. The minimum atomic E-state index is -4.02. The highest BCUT2D eigenvalue weighted by Crippen LogP contribution is 2.33. The van der Waals surface area contributed by atoms with Gasteiger partial charge in [-0.1, -0.05) is 17.7 Å². The lowest BCUT2D eigenvalue weighted by atomic mass is 10.1. The molecule has 16 heteroatoms. The van der Waals surface area contributed by atoms with Gasteiger partial charge in [0.2, 0.25) is 11.7 Å². The van der Waals surface area contributed by atoms with Crippen LogP contribution < -0.4 is 11.2 Å². The number of benzene rings is 2. The zero-order chi connectivity index (χ0) is 23.8. The molecule has 2 aromatic carbocycles. The number of nitro benzene ring substituents is 2. The summed E-state index contributed by atoms with van der Waals surface area (Å²) in [6.45, 7) is 1.84. The Bertz CT molecular complexity index is 1130. The quantitative estimate of drug-likeness (QED) is 0.140. The number of hydrogen-bond acceptors (Lipinski definition) is 10. The number of phenols is 1. The van der Waals surface area contributed by atoms with E-state index in [9.17, 15) is 33.8 Å². The number of non-ortho nitro benzene ring substituents is 1. The Morgan fingerprint density at radius 3 is 2.19 bits per heavy atom. The number of nitrogens with one attached hydrogen (secondary N) is 1. The van der Waals surface area contributed by atoms with E-state index in [1.54, 1.807) is 12.1 Å². The fourth-order valence-electron chi connectivity index (χ4n) is 1.85. The number of nitrogens with zero attached hydrogens (tertiary/aromatic N) is 4. The average molecular weight is 456 g/mol. The molecule has 0 amide bonds. The first-order chi connectivity index (χ1) is 14.4. The lowest BCUT2D eigenvalue weighted by Crippen LogP contribution is -2.27. The molecule has 6 N–H and O–H groups in total. The number of hydrogen-bond donors (Lipinski definition) is 5. The molecule has 0 bridgehead atoms. The number of aromatic hydroxyl groups is 1. The molecule has 0 unspecified atom stereocenters. The Morgan fingerprint density at radius 1 is 1.16 bits per heavy atom. The van der Waals surface area contributed by atoms with Crippen molar-refractivity contribution < 1.29 is 33.1 Å². The summed E-state index contributed by atoms with van der Waals surface area (Å²) in [5.41, 5.74) is 5.69. The fraction of sp³-hybridized carbons (Fsp3) is 0.0667. The van der Waals surface area contributed by atoms with Gasteiger partial charge >= 0.3 is 5.69 Å². The summed E-state index contributed by atoms with van der Waals surface area (Å²) in [7, 11) is -4.02. The third kappa shape index (κ3) is 7.65. The van der Waals surface area contributed by atoms with Gasteiger partial charge in [-0.3, -0.25) is 30.0 Å². The van der Waals surface area contributed by atoms with Crippen molar-refractivity contribution in [2.24, 2.45) is 15.9 Å². The number of guanidine groups is 1. The van der Waals surface area contributed by atoms with Crippen LogP contribution in [-0.2, 0) is 10.1 Å². The number of rotatable bonds is 5. The van der Waals surface area contributed by atoms with Crippen molar-refractivity contribution in [1.82, 2.24) is 5.48 Å². The first-order valence-corrected chi connectivity index (χ1v) is 9.27. The lowest BCUT2D eigenvalue weighted by molar-refractivity contribution is -0.394. The van der Waals surface area contributed by atoms with Crippen molar-refractivity contribution in [3.8, 4) is 5.75 Å². The molecule has 0 fully saturated rings. The second-order valence-corrected chi connectivity index (χ2v) is 6.97. The third-order valence-corrected chi connectivity index (χ3v) is 4.18. The maximum absolute atomic E-state index is 10.7. The van der Waals surface area contributed by atoms with Crippen LogP contribution in [0.1, 0.15) is 11.1 Å². The summed E-state index contributed by atoms with van der Waals surface area (Å²) in [4.78, 5) is 19.4. The summed E-state index contributed by atoms with van der Waals surface area (Å²) in [5.74, 6) is -1.30. The van der Waals surface area contributed by atoms with E-state index < -0.39 is 43.0 Å². The van der Waals surface area contributed by atoms with Gasteiger partial charge in [-0.2, -0.15) is 13.5 Å². The molecule has 0 spiro atoms. The lowest BCUT2D eigenvalue weighted by Gasteiger charge is -2.00. The van der Waals surface area contributed by atoms with E-state index in [1.807, 2.05) is 6.92 Å². The second kappa shape index (κ2) is 10.6. The van der Waals surface area contributed by atoms with Crippen molar-refractivity contribution in [3.05, 3.63) is 67.8 Å². The zero-order valence-corrected chi connectivity index (χ0v) is 16.4. The number of nitro groups is 2. The highest BCUT2D eigenvalue weighted by molar-refractivity contribution is 7.85. The van der Waals surface area contributed by atoms with Crippen molar-refractivity contribution in [3.63, 3.8) is 0 Å². The highest BCUT2D eigenvalue weighted by atomic mass is 32.2. The summed E-state index contributed by atoms with van der Waals surface area (Å²) in [6.07, 6.45) is 0.805. The predicted molar refractivity (Wildman–Crippen MR) is 107 cm³/mol. The first kappa shape index (κ1) is 24.9. The minimum Gasteiger partial charge on any atom is -0.502 e. The Kier molecular flexibility index (Phi) is 8.49. The van der Waals surface area contributed by atoms with E-state index >= 15 is 0 Å². The maximum Gasteiger partial charge on any atom is 0.318 e. The van der Waals surface area contributed by atoms with Gasteiger partial charge in [-0.15, -0.1) is 5.10 Å². The summed E-state index contributed by atoms with van der Waals surface area (Å²) in [6, 6.07) is 7.46. The molecule has 2 aromatic rings. The summed E-state index contributed by atoms with van der Waals surface area (Å²) < 4.78 is 29.6. The topological polar surface area (TPSA) is 244 Å². The van der Waals surface area contributed by atoms with E-state index in [2.05, 4.69) is 10.2 Å². The van der Waals surface area contributed by atoms with Gasteiger partial charge < -0.3 is 10.8 Å². The van der Waals surface area contributed by atoms with Gasteiger partial charge in [0, 0.05) is 6.07 Å². The fourth-order valence-corrected chi connectivity index (χ4v) is 2.33. The van der Waals surface area contributed by atoms with Crippen molar-refractivity contribution in [1.29, 1.82) is 0 Å². The normalized spacial score (nSPS) is 11.5. The smallest absolute Gasteiger partial charge is 0.318 e. The van der Waals surface area contributed by atoms with Crippen molar-refractivity contribution in [2.75, 3.05) is 0 Å². The minimum absolute atomic E-state index is 0.0666. The summed E-state index contributed by atoms with van der Waals surface area (Å²) in [5, 5.41) is 45.7. The molecule has 0 atom stereocenters. The Morgan fingerprint density at radius 2 is 1.74 bits per heavy atom. The largest absolute Gasteiger partial charge is 0.502 e. The third-order valence-electron chi connectivity index (χ3n) is 3.31. The van der Waals surface area contributed by atoms with Crippen molar-refractivity contribution in [2.45, 2.75) is 11.8 Å². The molecule has 2 rings (SSSR count). The second-order valence-electron chi connectivity index (χ2n) is 5.55. The number of aryl methyl sites for hydroxylation is 1. The molecule has 166 valence electrons. The number of nitrogens with two attached hydrogens (primary N) is 1. The molecule has 0 saturated carbocycles. The highest BCUT2D eigenvalue weighted by Gasteiger charge is 2.23. The van der Waals surface area contributed by atoms with Crippen LogP contribution in [0, 0.1) is 27.2 Å². The Hall–Kier alpha value is -4.15. The molecule has 0 aliphatic rings. The predicted octanol–water partition coefficient (Wildman–Crippen LogP) is 1.08. The molecule has 0 radical (unpaired) electrons. The molecular formula is C15H16N6O9S. The van der Waals surface area contributed by atoms with Crippen LogP contribution in [0.5, 0.6) is 5.75 Å². The van der Waals surface area contributed by atoms with E-state index in [4.69, 9.17) is 15.5 Å². The van der Waals surface area contributed by atoms with E-state index in [0.717, 1.165) is 17.8 Å². The Balaban J connectivity index is 0.000000367. The Labute approximate surface area is 174 Å². The van der Waals surface area contributed by atoms with Crippen LogP contribution in [0.2, 0.25) is 0 Å². The van der Waals surface area contributed by atoms with Crippen LogP contribution in [-0.4, -0.2) is 45.3 Å². The SMILES string of the molecule is Cc1ccc(S(=O)(=O)O)cc1.N/C(=N\N=C/c1cc([N+](=O)[O-])cc([N+](=O)[O-])c1O)NO. The number of phenolic OH excluding ortho intramolecular Hbond substituents is 1. The first-order valence-electron chi connectivity index (χ1n) is 7.83. The van der Waals surface area contributed by atoms with Gasteiger partial charge in [-0.05, 0) is 19.1 Å². The molecule has 0 aliphatic heterocycles. The standard InChI is InChI=1S/C8H8N6O6.C7H8O3S/c9-8(12-16)11-10-3-4-1-5(13(17)18)2-6(7(4)15)14(19)20;1-6-2-4-7(5-3-6)11(8,9)10/h1-3,15-16H,(H3,9,11,12);2-5H,1H3,(H,8,9,10)/b10-3-;. The van der Waals surface area contributed by atoms with Crippen molar-refractivity contribution >= 4 is 33.7 Å². The molecule has 31 heavy (non-hydrogen) atoms. The zero-order valence-electron chi connectivity index (χ0n) is 15.6. The average Bonchev–Trinajstić information content (AvgIpc) is 2.68. The number of hydroxylamine groups is 1. The van der Waals surface area contributed by atoms with E-state index in [1.165, 1.54) is 17.6 Å². The summed E-state index contributed by atoms with van der Waals surface area (Å²) >= 11 is 0. The monoisotopic (exact) mass is 456 g/mol. The van der Waals surface area contributed by atoms with Crippen LogP contribution in [0.25, 0.3) is 0 Å². The van der Waals surface area contributed by atoms with E-state index in [0.29, 0.717) is 6.07 Å². The van der Waals surface area contributed by atoms with Gasteiger partial charge in [0.05, 0.1) is 32.6 Å². The van der Waals surface area contributed by atoms with Crippen LogP contribution in [0.15, 0.2) is 51.5 Å². The van der Waals surface area contributed by atoms with Crippen LogP contribution >= 0.6 is 0 Å². The van der Waals surface area contributed by atoms with Crippen LogP contribution in [0.4, 0.5) is 11.4 Å². The maximum atomic E-state index is 10.7. The van der Waals surface area contributed by atoms with E-state index in [-0.39, 0.29) is 10.5 Å². The molecule has 0 heterocycles. The van der Waals surface area contributed by atoms with Crippen LogP contribution in [0.3, 0.4) is 0 Å². The molecule has 15 nitrogen and oxygen atoms in total. The molecule has 0 aromatic heterocycles. The molecule has 0 saturated heterocycles. The van der Waals surface area contributed by atoms with Gasteiger partial charge in [0.25, 0.3) is 15.8 Å². The van der Waals surface area contributed by atoms with Gasteiger partial charge in [0.1, 0.15) is 0 Å². The molecule has 0 aliphatic carbocycles.